The van der Waals surface area contributed by atoms with Crippen LogP contribution in [0.3, 0.4) is 0 Å². The fraction of sp³-hybridized carbons (Fsp3) is 0.250. The molecule has 2 heterocycles. The maximum absolute atomic E-state index is 3.63. The topological polar surface area (TPSA) is 15.3 Å². The van der Waals surface area contributed by atoms with Gasteiger partial charge in [0.2, 0.25) is 0 Å². The van der Waals surface area contributed by atoms with E-state index in [1.165, 1.54) is 28.2 Å². The minimum absolute atomic E-state index is 0.365. The Bertz CT molecular complexity index is 618. The van der Waals surface area contributed by atoms with Crippen molar-refractivity contribution in [1.29, 1.82) is 0 Å². The molecule has 1 N–H and O–H groups in total. The second-order valence-electron chi connectivity index (χ2n) is 5.14. The molecule has 2 nitrogen and oxygen atoms in total. The zero-order valence-electron chi connectivity index (χ0n) is 10.5. The predicted molar refractivity (Wildman–Crippen MR) is 75.6 cm³/mol. The lowest BCUT2D eigenvalue weighted by atomic mass is 10.0. The molecular weight excluding hydrogens is 220 g/mol. The fourth-order valence-electron chi connectivity index (χ4n) is 3.22. The molecule has 0 saturated carbocycles. The van der Waals surface area contributed by atoms with Gasteiger partial charge in [-0.2, -0.15) is 0 Å². The molecule has 1 unspecified atom stereocenters. The predicted octanol–water partition coefficient (Wildman–Crippen LogP) is 3.87. The van der Waals surface area contributed by atoms with Crippen molar-refractivity contribution in [2.45, 2.75) is 19.4 Å². The lowest BCUT2D eigenvalue weighted by Crippen LogP contribution is -2.13. The van der Waals surface area contributed by atoms with Crippen LogP contribution in [0.4, 0.5) is 17.1 Å². The molecule has 0 aliphatic carbocycles. The Labute approximate surface area is 107 Å². The monoisotopic (exact) mass is 236 g/mol. The van der Waals surface area contributed by atoms with Crippen molar-refractivity contribution in [1.82, 2.24) is 0 Å². The van der Waals surface area contributed by atoms with E-state index in [-0.39, 0.29) is 0 Å². The van der Waals surface area contributed by atoms with Gasteiger partial charge in [0.25, 0.3) is 0 Å². The van der Waals surface area contributed by atoms with E-state index in [1.54, 1.807) is 0 Å². The van der Waals surface area contributed by atoms with Gasteiger partial charge >= 0.3 is 0 Å². The van der Waals surface area contributed by atoms with Crippen LogP contribution in [-0.4, -0.2) is 6.54 Å². The highest BCUT2D eigenvalue weighted by atomic mass is 15.2. The third-order valence-electron chi connectivity index (χ3n) is 4.06. The summed E-state index contributed by atoms with van der Waals surface area (Å²) < 4.78 is 0. The van der Waals surface area contributed by atoms with Gasteiger partial charge in [-0.25, -0.2) is 0 Å². The van der Waals surface area contributed by atoms with Crippen molar-refractivity contribution in [3.05, 3.63) is 53.6 Å². The highest BCUT2D eigenvalue weighted by Gasteiger charge is 2.29. The smallest absolute Gasteiger partial charge is 0.0646 e. The van der Waals surface area contributed by atoms with Crippen LogP contribution in [0.2, 0.25) is 0 Å². The van der Waals surface area contributed by atoms with E-state index in [4.69, 9.17) is 0 Å². The third kappa shape index (κ3) is 1.23. The van der Waals surface area contributed by atoms with E-state index in [1.807, 2.05) is 0 Å². The lowest BCUT2D eigenvalue weighted by molar-refractivity contribution is 0.892. The van der Waals surface area contributed by atoms with E-state index < -0.39 is 0 Å². The standard InChI is InChI=1S/C16H16N2/c1-11-13-6-4-5-12-9-10-18(16(12)13)15-8-3-2-7-14(15)17-11/h2-8,11,17H,9-10H2,1H3. The summed E-state index contributed by atoms with van der Waals surface area (Å²) in [6, 6.07) is 15.7. The second kappa shape index (κ2) is 3.52. The molecule has 0 aromatic heterocycles. The molecular formula is C16H16N2. The molecule has 2 aromatic rings. The number of benzene rings is 2. The normalized spacial score (nSPS) is 19.8. The van der Waals surface area contributed by atoms with Crippen LogP contribution in [0, 0.1) is 0 Å². The number of anilines is 3. The number of hydrogen-bond acceptors (Lipinski definition) is 2. The summed E-state index contributed by atoms with van der Waals surface area (Å²) in [5.41, 5.74) is 6.89. The molecule has 0 saturated heterocycles. The van der Waals surface area contributed by atoms with Gasteiger partial charge in [-0.1, -0.05) is 30.3 Å². The van der Waals surface area contributed by atoms with E-state index in [2.05, 4.69) is 59.6 Å². The lowest BCUT2D eigenvalue weighted by Gasteiger charge is -2.21. The van der Waals surface area contributed by atoms with E-state index >= 15 is 0 Å². The Balaban J connectivity index is 2.02. The molecule has 2 aliphatic rings. The number of nitrogens with zero attached hydrogens (tertiary/aromatic N) is 1. The zero-order valence-corrected chi connectivity index (χ0v) is 10.5. The minimum Gasteiger partial charge on any atom is -0.377 e. The molecule has 0 amide bonds. The van der Waals surface area contributed by atoms with Crippen LogP contribution in [0.15, 0.2) is 42.5 Å². The van der Waals surface area contributed by atoms with Crippen molar-refractivity contribution in [3.63, 3.8) is 0 Å². The van der Waals surface area contributed by atoms with Gasteiger partial charge < -0.3 is 10.2 Å². The zero-order chi connectivity index (χ0) is 12.1. The molecule has 2 aliphatic heterocycles. The van der Waals surface area contributed by atoms with Crippen LogP contribution in [0.1, 0.15) is 24.1 Å². The van der Waals surface area contributed by atoms with E-state index in [0.29, 0.717) is 6.04 Å². The largest absolute Gasteiger partial charge is 0.377 e. The van der Waals surface area contributed by atoms with Gasteiger partial charge in [0.15, 0.2) is 0 Å². The first kappa shape index (κ1) is 10.0. The Kier molecular flexibility index (Phi) is 1.95. The van der Waals surface area contributed by atoms with E-state index in [9.17, 15) is 0 Å². The van der Waals surface area contributed by atoms with Crippen LogP contribution in [0.5, 0.6) is 0 Å². The van der Waals surface area contributed by atoms with E-state index in [0.717, 1.165) is 13.0 Å². The first-order valence-corrected chi connectivity index (χ1v) is 6.59. The van der Waals surface area contributed by atoms with Gasteiger partial charge in [-0.05, 0) is 36.6 Å². The SMILES string of the molecule is CC1Nc2ccccc2N2CCc3cccc1c32. The quantitative estimate of drug-likeness (QED) is 0.747. The van der Waals surface area contributed by atoms with Crippen LogP contribution in [-0.2, 0) is 6.42 Å². The van der Waals surface area contributed by atoms with Crippen molar-refractivity contribution >= 4 is 17.1 Å². The molecule has 2 aromatic carbocycles. The van der Waals surface area contributed by atoms with Crippen LogP contribution >= 0.6 is 0 Å². The molecule has 4 rings (SSSR count). The van der Waals surface area contributed by atoms with Gasteiger partial charge in [0, 0.05) is 12.2 Å². The van der Waals surface area contributed by atoms with Gasteiger partial charge in [0.05, 0.1) is 17.4 Å². The second-order valence-corrected chi connectivity index (χ2v) is 5.14. The summed E-state index contributed by atoms with van der Waals surface area (Å²) in [5, 5.41) is 3.63. The van der Waals surface area contributed by atoms with Crippen molar-refractivity contribution in [2.75, 3.05) is 16.8 Å². The summed E-state index contributed by atoms with van der Waals surface area (Å²) in [7, 11) is 0. The summed E-state index contributed by atoms with van der Waals surface area (Å²) in [5.74, 6) is 0. The Morgan fingerprint density at radius 3 is 2.94 bits per heavy atom. The van der Waals surface area contributed by atoms with Crippen LogP contribution in [0.25, 0.3) is 0 Å². The Morgan fingerprint density at radius 1 is 1.11 bits per heavy atom. The van der Waals surface area contributed by atoms with Crippen molar-refractivity contribution in [3.8, 4) is 0 Å². The molecule has 2 heteroatoms. The fourth-order valence-corrected chi connectivity index (χ4v) is 3.22. The average Bonchev–Trinajstić information content (AvgIpc) is 2.77. The number of nitrogens with one attached hydrogen (secondary N) is 1. The van der Waals surface area contributed by atoms with Crippen molar-refractivity contribution in [2.24, 2.45) is 0 Å². The highest BCUT2D eigenvalue weighted by molar-refractivity contribution is 5.84. The van der Waals surface area contributed by atoms with Crippen LogP contribution < -0.4 is 10.2 Å². The summed E-state index contributed by atoms with van der Waals surface area (Å²) in [6.45, 7) is 3.34. The van der Waals surface area contributed by atoms with Gasteiger partial charge in [-0.3, -0.25) is 0 Å². The maximum atomic E-state index is 3.63. The molecule has 18 heavy (non-hydrogen) atoms. The number of hydrogen-bond donors (Lipinski definition) is 1. The van der Waals surface area contributed by atoms with Gasteiger partial charge in [-0.15, -0.1) is 0 Å². The summed E-state index contributed by atoms with van der Waals surface area (Å²) >= 11 is 0. The molecule has 0 spiro atoms. The number of fused-ring (bicyclic) bond motifs is 2. The highest BCUT2D eigenvalue weighted by Crippen LogP contribution is 2.45. The summed E-state index contributed by atoms with van der Waals surface area (Å²) in [6.07, 6.45) is 1.16. The molecule has 1 atom stereocenters. The molecule has 0 bridgehead atoms. The average molecular weight is 236 g/mol. The first-order valence-electron chi connectivity index (χ1n) is 6.59. The summed E-state index contributed by atoms with van der Waals surface area (Å²) in [4.78, 5) is 2.47. The Morgan fingerprint density at radius 2 is 2.00 bits per heavy atom. The third-order valence-corrected chi connectivity index (χ3v) is 4.06. The first-order chi connectivity index (χ1) is 8.84. The Hall–Kier alpha value is -1.96. The van der Waals surface area contributed by atoms with Crippen molar-refractivity contribution < 1.29 is 0 Å². The number of rotatable bonds is 0. The molecule has 90 valence electrons. The molecule has 0 radical (unpaired) electrons. The van der Waals surface area contributed by atoms with Gasteiger partial charge in [0.1, 0.15) is 0 Å². The number of para-hydroxylation sites is 3. The minimum atomic E-state index is 0.365. The maximum Gasteiger partial charge on any atom is 0.0646 e. The molecule has 0 fully saturated rings.